The van der Waals surface area contributed by atoms with Crippen molar-refractivity contribution in [3.8, 4) is 0 Å². The summed E-state index contributed by atoms with van der Waals surface area (Å²) < 4.78 is 0. The van der Waals surface area contributed by atoms with Crippen LogP contribution in [0.2, 0.25) is 10.2 Å². The molecule has 1 aromatic heterocycles. The van der Waals surface area contributed by atoms with Gasteiger partial charge in [-0.05, 0) is 24.0 Å². The van der Waals surface area contributed by atoms with Gasteiger partial charge < -0.3 is 0 Å². The molecule has 12 heavy (non-hydrogen) atoms. The van der Waals surface area contributed by atoms with Crippen molar-refractivity contribution in [2.45, 2.75) is 26.2 Å². The van der Waals surface area contributed by atoms with Gasteiger partial charge in [0.25, 0.3) is 0 Å². The highest BCUT2D eigenvalue weighted by Crippen LogP contribution is 2.26. The summed E-state index contributed by atoms with van der Waals surface area (Å²) in [4.78, 5) is 3.98. The van der Waals surface area contributed by atoms with Crippen LogP contribution in [0.5, 0.6) is 0 Å². The third-order valence-electron chi connectivity index (χ3n) is 1.98. The van der Waals surface area contributed by atoms with Crippen molar-refractivity contribution < 1.29 is 0 Å². The molecule has 3 heteroatoms. The van der Waals surface area contributed by atoms with Gasteiger partial charge in [-0.25, -0.2) is 4.98 Å². The quantitative estimate of drug-likeness (QED) is 0.665. The minimum absolute atomic E-state index is 0.420. The van der Waals surface area contributed by atoms with E-state index in [1.54, 1.807) is 6.20 Å². The average Bonchev–Trinajstić information content (AvgIpc) is 2.08. The van der Waals surface area contributed by atoms with Gasteiger partial charge in [-0.3, -0.25) is 0 Å². The van der Waals surface area contributed by atoms with Gasteiger partial charge in [-0.1, -0.05) is 37.0 Å². The Bertz CT molecular complexity index is 273. The molecule has 0 radical (unpaired) electrons. The summed E-state index contributed by atoms with van der Waals surface area (Å²) in [6.07, 6.45) is 2.61. The predicted molar refractivity (Wildman–Crippen MR) is 53.0 cm³/mol. The first-order valence-electron chi connectivity index (χ1n) is 3.96. The lowest BCUT2D eigenvalue weighted by molar-refractivity contribution is 0.730. The van der Waals surface area contributed by atoms with E-state index < -0.39 is 0 Å². The van der Waals surface area contributed by atoms with Crippen LogP contribution < -0.4 is 0 Å². The Balaban J connectivity index is 3.04. The summed E-state index contributed by atoms with van der Waals surface area (Å²) in [5.41, 5.74) is 1.03. The van der Waals surface area contributed by atoms with Crippen molar-refractivity contribution >= 4 is 23.2 Å². The molecule has 66 valence electrons. The van der Waals surface area contributed by atoms with Gasteiger partial charge in [-0.15, -0.1) is 0 Å². The summed E-state index contributed by atoms with van der Waals surface area (Å²) >= 11 is 11.7. The molecule has 0 bridgehead atoms. The van der Waals surface area contributed by atoms with Gasteiger partial charge in [0.2, 0.25) is 0 Å². The fourth-order valence-corrected chi connectivity index (χ4v) is 1.46. The van der Waals surface area contributed by atoms with Crippen molar-refractivity contribution in [3.63, 3.8) is 0 Å². The lowest BCUT2D eigenvalue weighted by Gasteiger charge is -2.09. The van der Waals surface area contributed by atoms with Crippen LogP contribution in [0.15, 0.2) is 12.3 Å². The number of rotatable bonds is 2. The zero-order chi connectivity index (χ0) is 9.14. The van der Waals surface area contributed by atoms with E-state index >= 15 is 0 Å². The Labute approximate surface area is 82.7 Å². The predicted octanol–water partition coefficient (Wildman–Crippen LogP) is 3.90. The van der Waals surface area contributed by atoms with Crippen LogP contribution in [0.4, 0.5) is 0 Å². The number of hydrogen-bond donors (Lipinski definition) is 0. The Hall–Kier alpha value is -0.270. The second kappa shape index (κ2) is 4.11. The van der Waals surface area contributed by atoms with Crippen LogP contribution in [0.3, 0.4) is 0 Å². The van der Waals surface area contributed by atoms with E-state index in [0.29, 0.717) is 16.1 Å². The molecule has 0 amide bonds. The summed E-state index contributed by atoms with van der Waals surface area (Å²) in [6.45, 7) is 4.22. The fraction of sp³-hybridized carbons (Fsp3) is 0.444. The van der Waals surface area contributed by atoms with E-state index in [2.05, 4.69) is 18.8 Å². The molecular weight excluding hydrogens is 193 g/mol. The lowest BCUT2D eigenvalue weighted by atomic mass is 10.0. The van der Waals surface area contributed by atoms with Gasteiger partial charge >= 0.3 is 0 Å². The molecule has 0 aliphatic heterocycles. The van der Waals surface area contributed by atoms with Gasteiger partial charge in [-0.2, -0.15) is 0 Å². The highest BCUT2D eigenvalue weighted by atomic mass is 35.5. The van der Waals surface area contributed by atoms with E-state index in [0.717, 1.165) is 12.0 Å². The molecule has 0 aromatic carbocycles. The molecule has 1 rings (SSSR count). The molecule has 1 heterocycles. The number of halogens is 2. The SMILES string of the molecule is CCC(C)c1cc(Cl)cnc1Cl. The van der Waals surface area contributed by atoms with E-state index in [4.69, 9.17) is 23.2 Å². The zero-order valence-electron chi connectivity index (χ0n) is 7.14. The monoisotopic (exact) mass is 203 g/mol. The van der Waals surface area contributed by atoms with Crippen LogP contribution in [0, 0.1) is 0 Å². The normalized spacial score (nSPS) is 13.0. The highest BCUT2D eigenvalue weighted by molar-refractivity contribution is 6.32. The van der Waals surface area contributed by atoms with Gasteiger partial charge in [0.1, 0.15) is 5.15 Å². The Kier molecular flexibility index (Phi) is 3.36. The Morgan fingerprint density at radius 3 is 2.75 bits per heavy atom. The molecule has 0 saturated heterocycles. The molecular formula is C9H11Cl2N. The maximum Gasteiger partial charge on any atom is 0.132 e. The largest absolute Gasteiger partial charge is 0.243 e. The Morgan fingerprint density at radius 2 is 2.17 bits per heavy atom. The standard InChI is InChI=1S/C9H11Cl2N/c1-3-6(2)8-4-7(10)5-12-9(8)11/h4-6H,3H2,1-2H3. The number of aromatic nitrogens is 1. The molecule has 1 nitrogen and oxygen atoms in total. The number of hydrogen-bond acceptors (Lipinski definition) is 1. The number of pyridine rings is 1. The first-order valence-corrected chi connectivity index (χ1v) is 4.71. The molecule has 0 saturated carbocycles. The first-order chi connectivity index (χ1) is 5.65. The van der Waals surface area contributed by atoms with Crippen LogP contribution >= 0.6 is 23.2 Å². The molecule has 1 aromatic rings. The molecule has 1 unspecified atom stereocenters. The average molecular weight is 204 g/mol. The summed E-state index contributed by atoms with van der Waals surface area (Å²) in [5, 5.41) is 1.21. The molecule has 1 atom stereocenters. The van der Waals surface area contributed by atoms with E-state index in [1.807, 2.05) is 6.07 Å². The maximum atomic E-state index is 5.90. The highest BCUT2D eigenvalue weighted by Gasteiger charge is 2.08. The van der Waals surface area contributed by atoms with E-state index in [1.165, 1.54) is 0 Å². The van der Waals surface area contributed by atoms with Crippen molar-refractivity contribution in [1.29, 1.82) is 0 Å². The fourth-order valence-electron chi connectivity index (χ4n) is 1.00. The van der Waals surface area contributed by atoms with Gasteiger partial charge in [0.05, 0.1) is 5.02 Å². The van der Waals surface area contributed by atoms with Gasteiger partial charge in [0, 0.05) is 6.20 Å². The third kappa shape index (κ3) is 2.11. The lowest BCUT2D eigenvalue weighted by Crippen LogP contribution is -1.94. The van der Waals surface area contributed by atoms with Crippen LogP contribution in [0.25, 0.3) is 0 Å². The Morgan fingerprint density at radius 1 is 1.50 bits per heavy atom. The van der Waals surface area contributed by atoms with E-state index in [9.17, 15) is 0 Å². The van der Waals surface area contributed by atoms with Crippen molar-refractivity contribution in [1.82, 2.24) is 4.98 Å². The van der Waals surface area contributed by atoms with Crippen LogP contribution in [0.1, 0.15) is 31.7 Å². The minimum atomic E-state index is 0.420. The van der Waals surface area contributed by atoms with Gasteiger partial charge in [0.15, 0.2) is 0 Å². The second-order valence-corrected chi connectivity index (χ2v) is 3.64. The van der Waals surface area contributed by atoms with Crippen molar-refractivity contribution in [2.24, 2.45) is 0 Å². The first kappa shape index (κ1) is 9.82. The topological polar surface area (TPSA) is 12.9 Å². The third-order valence-corrected chi connectivity index (χ3v) is 2.50. The summed E-state index contributed by atoms with van der Waals surface area (Å²) in [7, 11) is 0. The van der Waals surface area contributed by atoms with Crippen molar-refractivity contribution in [2.75, 3.05) is 0 Å². The summed E-state index contributed by atoms with van der Waals surface area (Å²) in [5.74, 6) is 0.420. The maximum absolute atomic E-state index is 5.90. The molecule has 0 aliphatic carbocycles. The second-order valence-electron chi connectivity index (χ2n) is 2.84. The minimum Gasteiger partial charge on any atom is -0.243 e. The van der Waals surface area contributed by atoms with E-state index in [-0.39, 0.29) is 0 Å². The number of nitrogens with zero attached hydrogens (tertiary/aromatic N) is 1. The smallest absolute Gasteiger partial charge is 0.132 e. The summed E-state index contributed by atoms with van der Waals surface area (Å²) in [6, 6.07) is 1.88. The molecule has 0 N–H and O–H groups in total. The van der Waals surface area contributed by atoms with Crippen LogP contribution in [-0.2, 0) is 0 Å². The molecule has 0 fully saturated rings. The molecule has 0 spiro atoms. The molecule has 0 aliphatic rings. The van der Waals surface area contributed by atoms with Crippen molar-refractivity contribution in [3.05, 3.63) is 28.0 Å². The zero-order valence-corrected chi connectivity index (χ0v) is 8.65. The van der Waals surface area contributed by atoms with Crippen LogP contribution in [-0.4, -0.2) is 4.98 Å².